The zero-order chi connectivity index (χ0) is 14.4. The fourth-order valence-corrected chi connectivity index (χ4v) is 2.99. The maximum absolute atomic E-state index is 11.9. The average Bonchev–Trinajstić information content (AvgIpc) is 2.25. The predicted molar refractivity (Wildman–Crippen MR) is 74.0 cm³/mol. The molecule has 110 valence electrons. The van der Waals surface area contributed by atoms with Crippen molar-refractivity contribution in [1.82, 2.24) is 10.6 Å². The molecule has 1 fully saturated rings. The molecule has 1 aliphatic carbocycles. The first kappa shape index (κ1) is 15.8. The summed E-state index contributed by atoms with van der Waals surface area (Å²) in [7, 11) is 0. The Hall–Kier alpha value is -1.26. The van der Waals surface area contributed by atoms with Crippen LogP contribution in [0.2, 0.25) is 0 Å². The second kappa shape index (κ2) is 7.36. The Kier molecular flexibility index (Phi) is 6.12. The Labute approximate surface area is 115 Å². The third-order valence-corrected chi connectivity index (χ3v) is 3.76. The summed E-state index contributed by atoms with van der Waals surface area (Å²) in [5.41, 5.74) is 0. The molecule has 0 aromatic heterocycles. The van der Waals surface area contributed by atoms with E-state index in [0.717, 1.165) is 12.8 Å². The van der Waals surface area contributed by atoms with Gasteiger partial charge in [0.25, 0.3) is 0 Å². The molecular weight excluding hydrogens is 244 g/mol. The monoisotopic (exact) mass is 270 g/mol. The Morgan fingerprint density at radius 1 is 1.21 bits per heavy atom. The van der Waals surface area contributed by atoms with Crippen molar-refractivity contribution < 1.29 is 14.7 Å². The molecule has 0 heterocycles. The minimum absolute atomic E-state index is 0.0264. The van der Waals surface area contributed by atoms with Crippen molar-refractivity contribution in [3.05, 3.63) is 0 Å². The van der Waals surface area contributed by atoms with Crippen LogP contribution in [0.5, 0.6) is 0 Å². The molecule has 2 amide bonds. The van der Waals surface area contributed by atoms with Gasteiger partial charge in [-0.3, -0.25) is 4.79 Å². The first-order chi connectivity index (χ1) is 8.90. The van der Waals surface area contributed by atoms with Crippen LogP contribution < -0.4 is 10.6 Å². The Morgan fingerprint density at radius 2 is 1.79 bits per heavy atom. The largest absolute Gasteiger partial charge is 0.481 e. The molecule has 5 nitrogen and oxygen atoms in total. The molecule has 0 saturated heterocycles. The fourth-order valence-electron chi connectivity index (χ4n) is 2.99. The van der Waals surface area contributed by atoms with Gasteiger partial charge in [-0.15, -0.1) is 0 Å². The number of nitrogens with one attached hydrogen (secondary N) is 2. The van der Waals surface area contributed by atoms with Crippen LogP contribution >= 0.6 is 0 Å². The summed E-state index contributed by atoms with van der Waals surface area (Å²) >= 11 is 0. The topological polar surface area (TPSA) is 78.4 Å². The van der Waals surface area contributed by atoms with Crippen molar-refractivity contribution in [1.29, 1.82) is 0 Å². The summed E-state index contributed by atoms with van der Waals surface area (Å²) in [6, 6.07) is -0.323. The standard InChI is InChI=1S/C14H26N2O3/c1-4-11(8-13(17)18)15-14(19)16-12-6-9(2)5-10(3)7-12/h9-12H,4-8H2,1-3H3,(H,17,18)(H2,15,16,19). The molecule has 3 atom stereocenters. The number of carbonyl (C=O) groups is 2. The van der Waals surface area contributed by atoms with Crippen LogP contribution in [-0.4, -0.2) is 29.2 Å². The lowest BCUT2D eigenvalue weighted by Crippen LogP contribution is -2.48. The summed E-state index contributed by atoms with van der Waals surface area (Å²) < 4.78 is 0. The van der Waals surface area contributed by atoms with E-state index in [1.165, 1.54) is 6.42 Å². The molecule has 19 heavy (non-hydrogen) atoms. The molecule has 1 aliphatic rings. The molecule has 0 bridgehead atoms. The van der Waals surface area contributed by atoms with Gasteiger partial charge in [-0.1, -0.05) is 20.8 Å². The van der Waals surface area contributed by atoms with Gasteiger partial charge in [-0.2, -0.15) is 0 Å². The van der Waals surface area contributed by atoms with Crippen molar-refractivity contribution >= 4 is 12.0 Å². The molecule has 0 radical (unpaired) electrons. The van der Waals surface area contributed by atoms with Crippen LogP contribution in [0.15, 0.2) is 0 Å². The van der Waals surface area contributed by atoms with Crippen molar-refractivity contribution in [2.24, 2.45) is 11.8 Å². The minimum atomic E-state index is -0.882. The lowest BCUT2D eigenvalue weighted by atomic mass is 9.80. The van der Waals surface area contributed by atoms with Crippen LogP contribution in [0, 0.1) is 11.8 Å². The summed E-state index contributed by atoms with van der Waals surface area (Å²) in [4.78, 5) is 22.5. The number of carbonyl (C=O) groups excluding carboxylic acids is 1. The van der Waals surface area contributed by atoms with E-state index in [1.54, 1.807) is 0 Å². The van der Waals surface area contributed by atoms with Crippen LogP contribution in [-0.2, 0) is 4.79 Å². The molecule has 0 aromatic rings. The normalized spacial score (nSPS) is 28.5. The summed E-state index contributed by atoms with van der Waals surface area (Å²) in [5.74, 6) is 0.386. The van der Waals surface area contributed by atoms with Crippen LogP contribution in [0.25, 0.3) is 0 Å². The number of carboxylic acid groups (broad SMARTS) is 1. The smallest absolute Gasteiger partial charge is 0.315 e. The molecular formula is C14H26N2O3. The van der Waals surface area contributed by atoms with E-state index in [2.05, 4.69) is 24.5 Å². The lowest BCUT2D eigenvalue weighted by Gasteiger charge is -2.32. The SMILES string of the molecule is CCC(CC(=O)O)NC(=O)NC1CC(C)CC(C)C1. The predicted octanol–water partition coefficient (Wildman–Crippen LogP) is 2.36. The van der Waals surface area contributed by atoms with Crippen molar-refractivity contribution in [3.63, 3.8) is 0 Å². The average molecular weight is 270 g/mol. The Bertz CT molecular complexity index is 310. The van der Waals surface area contributed by atoms with Crippen molar-refractivity contribution in [2.75, 3.05) is 0 Å². The number of carboxylic acids is 1. The van der Waals surface area contributed by atoms with E-state index in [1.807, 2.05) is 6.92 Å². The highest BCUT2D eigenvalue weighted by atomic mass is 16.4. The lowest BCUT2D eigenvalue weighted by molar-refractivity contribution is -0.137. The number of aliphatic carboxylic acids is 1. The summed E-state index contributed by atoms with van der Waals surface area (Å²) in [6.45, 7) is 6.29. The van der Waals surface area contributed by atoms with Crippen LogP contribution in [0.4, 0.5) is 4.79 Å². The third kappa shape index (κ3) is 5.94. The molecule has 0 aliphatic heterocycles. The third-order valence-electron chi connectivity index (χ3n) is 3.76. The highest BCUT2D eigenvalue weighted by Gasteiger charge is 2.25. The van der Waals surface area contributed by atoms with E-state index < -0.39 is 5.97 Å². The molecule has 1 rings (SSSR count). The van der Waals surface area contributed by atoms with Crippen LogP contribution in [0.1, 0.15) is 52.9 Å². The van der Waals surface area contributed by atoms with E-state index in [0.29, 0.717) is 18.3 Å². The summed E-state index contributed by atoms with van der Waals surface area (Å²) in [6.07, 6.45) is 3.83. The maximum Gasteiger partial charge on any atom is 0.315 e. The van der Waals surface area contributed by atoms with Gasteiger partial charge < -0.3 is 15.7 Å². The number of hydrogen-bond acceptors (Lipinski definition) is 2. The van der Waals surface area contributed by atoms with E-state index in [-0.39, 0.29) is 24.5 Å². The molecule has 3 N–H and O–H groups in total. The van der Waals surface area contributed by atoms with Crippen molar-refractivity contribution in [3.8, 4) is 0 Å². The second-order valence-corrected chi connectivity index (χ2v) is 5.94. The Morgan fingerprint density at radius 3 is 2.26 bits per heavy atom. The molecule has 5 heteroatoms. The summed E-state index contributed by atoms with van der Waals surface area (Å²) in [5, 5.41) is 14.5. The van der Waals surface area contributed by atoms with Gasteiger partial charge in [0.2, 0.25) is 0 Å². The van der Waals surface area contributed by atoms with Gasteiger partial charge in [-0.25, -0.2) is 4.79 Å². The van der Waals surface area contributed by atoms with Crippen molar-refractivity contribution in [2.45, 2.75) is 65.0 Å². The molecule has 0 spiro atoms. The zero-order valence-electron chi connectivity index (χ0n) is 12.1. The van der Waals surface area contributed by atoms with Gasteiger partial charge in [0.05, 0.1) is 6.42 Å². The number of hydrogen-bond donors (Lipinski definition) is 3. The van der Waals surface area contributed by atoms with Gasteiger partial charge in [0, 0.05) is 12.1 Å². The highest BCUT2D eigenvalue weighted by molar-refractivity contribution is 5.76. The zero-order valence-corrected chi connectivity index (χ0v) is 12.1. The van der Waals surface area contributed by atoms with Gasteiger partial charge in [-0.05, 0) is 37.5 Å². The van der Waals surface area contributed by atoms with E-state index in [9.17, 15) is 9.59 Å². The maximum atomic E-state index is 11.9. The number of urea groups is 1. The first-order valence-electron chi connectivity index (χ1n) is 7.19. The fraction of sp³-hybridized carbons (Fsp3) is 0.857. The highest BCUT2D eigenvalue weighted by Crippen LogP contribution is 2.28. The van der Waals surface area contributed by atoms with Gasteiger partial charge in [0.1, 0.15) is 0 Å². The van der Waals surface area contributed by atoms with Crippen LogP contribution in [0.3, 0.4) is 0 Å². The number of amides is 2. The quantitative estimate of drug-likeness (QED) is 0.717. The van der Waals surface area contributed by atoms with E-state index in [4.69, 9.17) is 5.11 Å². The minimum Gasteiger partial charge on any atom is -0.481 e. The first-order valence-corrected chi connectivity index (χ1v) is 7.19. The van der Waals surface area contributed by atoms with E-state index >= 15 is 0 Å². The molecule has 1 saturated carbocycles. The number of rotatable bonds is 5. The van der Waals surface area contributed by atoms with Gasteiger partial charge >= 0.3 is 12.0 Å². The van der Waals surface area contributed by atoms with Gasteiger partial charge in [0.15, 0.2) is 0 Å². The second-order valence-electron chi connectivity index (χ2n) is 5.94. The molecule has 3 unspecified atom stereocenters. The Balaban J connectivity index is 2.39. The molecule has 0 aromatic carbocycles.